The smallest absolute Gasteiger partial charge is 0.0701 e. The highest BCUT2D eigenvalue weighted by molar-refractivity contribution is 14.1. The molecule has 0 saturated carbocycles. The van der Waals surface area contributed by atoms with Gasteiger partial charge < -0.3 is 29.7 Å². The molecule has 0 radical (unpaired) electrons. The maximum Gasteiger partial charge on any atom is 0.0701 e. The standard InChI is InChI=1S/C15H32IN3O3/c1-17-15-2-5-19(6-3-15)7-9-21-11-13-22-12-10-20-8-4-18-14-16/h15,17-18H,2-14H2,1H3. The van der Waals surface area contributed by atoms with E-state index in [0.29, 0.717) is 32.5 Å². The molecule has 1 saturated heterocycles. The van der Waals surface area contributed by atoms with E-state index in [1.807, 2.05) is 0 Å². The summed E-state index contributed by atoms with van der Waals surface area (Å²) in [7, 11) is 2.05. The van der Waals surface area contributed by atoms with Crippen molar-refractivity contribution >= 4 is 22.6 Å². The fourth-order valence-electron chi connectivity index (χ4n) is 2.39. The van der Waals surface area contributed by atoms with Gasteiger partial charge in [0.15, 0.2) is 0 Å². The van der Waals surface area contributed by atoms with Gasteiger partial charge in [-0.2, -0.15) is 0 Å². The Labute approximate surface area is 148 Å². The molecular weight excluding hydrogens is 397 g/mol. The summed E-state index contributed by atoms with van der Waals surface area (Å²) < 4.78 is 17.5. The molecule has 0 spiro atoms. The van der Waals surface area contributed by atoms with Crippen LogP contribution in [0.25, 0.3) is 0 Å². The number of nitrogens with zero attached hydrogens (tertiary/aromatic N) is 1. The number of hydrogen-bond donors (Lipinski definition) is 2. The van der Waals surface area contributed by atoms with E-state index in [1.54, 1.807) is 0 Å². The first-order valence-electron chi connectivity index (χ1n) is 8.26. The van der Waals surface area contributed by atoms with E-state index < -0.39 is 0 Å². The van der Waals surface area contributed by atoms with Gasteiger partial charge in [-0.05, 0) is 33.0 Å². The van der Waals surface area contributed by atoms with Crippen molar-refractivity contribution in [2.45, 2.75) is 18.9 Å². The van der Waals surface area contributed by atoms with Crippen molar-refractivity contribution in [1.29, 1.82) is 0 Å². The number of hydrogen-bond acceptors (Lipinski definition) is 6. The molecule has 0 aromatic carbocycles. The second kappa shape index (κ2) is 15.0. The van der Waals surface area contributed by atoms with Crippen molar-refractivity contribution in [2.75, 3.05) is 77.4 Å². The predicted molar refractivity (Wildman–Crippen MR) is 97.9 cm³/mol. The number of likely N-dealkylation sites (tertiary alicyclic amines) is 1. The fraction of sp³-hybridized carbons (Fsp3) is 1.00. The number of rotatable bonds is 14. The van der Waals surface area contributed by atoms with E-state index >= 15 is 0 Å². The first kappa shape index (κ1) is 20.5. The average molecular weight is 429 g/mol. The third-order valence-electron chi connectivity index (χ3n) is 3.81. The summed E-state index contributed by atoms with van der Waals surface area (Å²) in [6.07, 6.45) is 2.49. The normalized spacial score (nSPS) is 17.2. The average Bonchev–Trinajstić information content (AvgIpc) is 2.56. The van der Waals surface area contributed by atoms with Crippen LogP contribution in [0.2, 0.25) is 0 Å². The fourth-order valence-corrected chi connectivity index (χ4v) is 2.77. The molecule has 0 unspecified atom stereocenters. The molecule has 22 heavy (non-hydrogen) atoms. The molecular formula is C15H32IN3O3. The third kappa shape index (κ3) is 11.1. The molecule has 132 valence electrons. The molecule has 0 bridgehead atoms. The Hall–Kier alpha value is 0.490. The summed E-state index contributed by atoms with van der Waals surface area (Å²) in [5, 5.41) is 6.55. The lowest BCUT2D eigenvalue weighted by Gasteiger charge is -2.31. The number of piperidine rings is 1. The Morgan fingerprint density at radius 1 is 0.955 bits per heavy atom. The van der Waals surface area contributed by atoms with Crippen LogP contribution in [-0.4, -0.2) is 88.4 Å². The summed E-state index contributed by atoms with van der Waals surface area (Å²) in [4.78, 5) is 2.48. The molecule has 0 aliphatic carbocycles. The molecule has 1 heterocycles. The van der Waals surface area contributed by atoms with Gasteiger partial charge in [0, 0.05) is 23.7 Å². The van der Waals surface area contributed by atoms with E-state index in [9.17, 15) is 0 Å². The summed E-state index contributed by atoms with van der Waals surface area (Å²) in [6, 6.07) is 0.699. The molecule has 1 aliphatic heterocycles. The minimum absolute atomic E-state index is 0.644. The van der Waals surface area contributed by atoms with Gasteiger partial charge in [0.1, 0.15) is 0 Å². The first-order chi connectivity index (χ1) is 10.9. The van der Waals surface area contributed by atoms with E-state index in [2.05, 4.69) is 45.2 Å². The largest absolute Gasteiger partial charge is 0.378 e. The molecule has 1 aliphatic rings. The van der Waals surface area contributed by atoms with Crippen LogP contribution < -0.4 is 10.6 Å². The van der Waals surface area contributed by atoms with Gasteiger partial charge in [-0.3, -0.25) is 0 Å². The summed E-state index contributed by atoms with van der Waals surface area (Å²) >= 11 is 2.28. The van der Waals surface area contributed by atoms with Gasteiger partial charge in [0.25, 0.3) is 0 Å². The number of ether oxygens (including phenoxy) is 3. The summed E-state index contributed by atoms with van der Waals surface area (Å²) in [6.45, 7) is 8.44. The van der Waals surface area contributed by atoms with E-state index in [4.69, 9.17) is 14.2 Å². The first-order valence-corrected chi connectivity index (χ1v) is 9.79. The van der Waals surface area contributed by atoms with E-state index in [1.165, 1.54) is 25.9 Å². The SMILES string of the molecule is CNC1CCN(CCOCCOCCOCCNCI)CC1. The van der Waals surface area contributed by atoms with Crippen LogP contribution in [0.15, 0.2) is 0 Å². The third-order valence-corrected chi connectivity index (χ3v) is 4.35. The molecule has 1 rings (SSSR count). The zero-order chi connectivity index (χ0) is 15.9. The maximum absolute atomic E-state index is 5.62. The Bertz CT molecular complexity index is 242. The van der Waals surface area contributed by atoms with Crippen LogP contribution in [0.1, 0.15) is 12.8 Å². The highest BCUT2D eigenvalue weighted by Gasteiger charge is 2.16. The van der Waals surface area contributed by atoms with Crippen LogP contribution in [0.5, 0.6) is 0 Å². The van der Waals surface area contributed by atoms with Crippen LogP contribution in [0.4, 0.5) is 0 Å². The minimum Gasteiger partial charge on any atom is -0.378 e. The lowest BCUT2D eigenvalue weighted by Crippen LogP contribution is -2.42. The predicted octanol–water partition coefficient (Wildman–Crippen LogP) is 0.702. The van der Waals surface area contributed by atoms with Crippen LogP contribution >= 0.6 is 22.6 Å². The Morgan fingerprint density at radius 3 is 2.14 bits per heavy atom. The van der Waals surface area contributed by atoms with Gasteiger partial charge in [0.05, 0.1) is 39.6 Å². The molecule has 1 fully saturated rings. The van der Waals surface area contributed by atoms with Crippen molar-refractivity contribution in [2.24, 2.45) is 0 Å². The molecule has 0 amide bonds. The topological polar surface area (TPSA) is 55.0 Å². The van der Waals surface area contributed by atoms with Gasteiger partial charge in [0.2, 0.25) is 0 Å². The zero-order valence-electron chi connectivity index (χ0n) is 13.8. The highest BCUT2D eigenvalue weighted by atomic mass is 127. The summed E-state index contributed by atoms with van der Waals surface area (Å²) in [5.74, 6) is 0. The Kier molecular flexibility index (Phi) is 14.0. The highest BCUT2D eigenvalue weighted by Crippen LogP contribution is 2.08. The van der Waals surface area contributed by atoms with Gasteiger partial charge in [-0.1, -0.05) is 22.6 Å². The number of nitrogens with one attached hydrogen (secondary N) is 2. The van der Waals surface area contributed by atoms with Crippen LogP contribution in [-0.2, 0) is 14.2 Å². The number of alkyl halides is 1. The monoisotopic (exact) mass is 429 g/mol. The van der Waals surface area contributed by atoms with Gasteiger partial charge in [-0.25, -0.2) is 0 Å². The second-order valence-corrected chi connectivity index (χ2v) is 6.14. The Balaban J connectivity index is 1.75. The van der Waals surface area contributed by atoms with Crippen molar-refractivity contribution in [3.05, 3.63) is 0 Å². The van der Waals surface area contributed by atoms with Crippen molar-refractivity contribution < 1.29 is 14.2 Å². The van der Waals surface area contributed by atoms with Gasteiger partial charge >= 0.3 is 0 Å². The Morgan fingerprint density at radius 2 is 1.55 bits per heavy atom. The molecule has 0 aromatic rings. The molecule has 6 nitrogen and oxygen atoms in total. The molecule has 0 aromatic heterocycles. The molecule has 2 N–H and O–H groups in total. The molecule has 7 heteroatoms. The maximum atomic E-state index is 5.62. The van der Waals surface area contributed by atoms with Crippen molar-refractivity contribution in [3.63, 3.8) is 0 Å². The van der Waals surface area contributed by atoms with Crippen molar-refractivity contribution in [1.82, 2.24) is 15.5 Å². The minimum atomic E-state index is 0.644. The van der Waals surface area contributed by atoms with E-state index in [-0.39, 0.29) is 0 Å². The van der Waals surface area contributed by atoms with Crippen molar-refractivity contribution in [3.8, 4) is 0 Å². The van der Waals surface area contributed by atoms with Gasteiger partial charge in [-0.15, -0.1) is 0 Å². The van der Waals surface area contributed by atoms with Crippen LogP contribution in [0.3, 0.4) is 0 Å². The quantitative estimate of drug-likeness (QED) is 0.184. The van der Waals surface area contributed by atoms with Crippen LogP contribution in [0, 0.1) is 0 Å². The summed E-state index contributed by atoms with van der Waals surface area (Å²) in [5.41, 5.74) is 0. The number of halogens is 1. The molecule has 0 atom stereocenters. The van der Waals surface area contributed by atoms with E-state index in [0.717, 1.165) is 30.9 Å². The zero-order valence-corrected chi connectivity index (χ0v) is 16.0. The lowest BCUT2D eigenvalue weighted by molar-refractivity contribution is 0.0100. The second-order valence-electron chi connectivity index (χ2n) is 5.38. The lowest BCUT2D eigenvalue weighted by atomic mass is 10.1.